The molecule has 1 aromatic carbocycles. The predicted molar refractivity (Wildman–Crippen MR) is 65.3 cm³/mol. The van der Waals surface area contributed by atoms with Gasteiger partial charge in [0.2, 0.25) is 0 Å². The lowest BCUT2D eigenvalue weighted by Gasteiger charge is -2.22. The second kappa shape index (κ2) is 6.77. The smallest absolute Gasteiger partial charge is 0.406 e. The van der Waals surface area contributed by atoms with E-state index in [1.54, 1.807) is 0 Å². The summed E-state index contributed by atoms with van der Waals surface area (Å²) in [6.45, 7) is 0.573. The van der Waals surface area contributed by atoms with Crippen molar-refractivity contribution in [2.75, 3.05) is 6.61 Å². The molecule has 0 spiro atoms. The standard InChI is InChI=1S/C13H14F3NO4/c14-13(15,16)20-10-6-4-9(5-7-10)12(18)17-21-11-3-1-2-8-19-11/h4-7,11H,1-3,8H2,(H,17,18)/t11-/m1/s1. The topological polar surface area (TPSA) is 56.8 Å². The van der Waals surface area contributed by atoms with Gasteiger partial charge in [-0.05, 0) is 37.1 Å². The van der Waals surface area contributed by atoms with E-state index >= 15 is 0 Å². The summed E-state index contributed by atoms with van der Waals surface area (Å²) in [6.07, 6.45) is -2.67. The van der Waals surface area contributed by atoms with Crippen LogP contribution < -0.4 is 10.2 Å². The number of halogens is 3. The highest BCUT2D eigenvalue weighted by Gasteiger charge is 2.31. The van der Waals surface area contributed by atoms with E-state index in [0.29, 0.717) is 13.0 Å². The van der Waals surface area contributed by atoms with Gasteiger partial charge in [0, 0.05) is 18.6 Å². The number of benzene rings is 1. The first kappa shape index (κ1) is 15.6. The van der Waals surface area contributed by atoms with Crippen LogP contribution in [0, 0.1) is 0 Å². The van der Waals surface area contributed by atoms with Crippen molar-refractivity contribution in [2.24, 2.45) is 0 Å². The lowest BCUT2D eigenvalue weighted by molar-refractivity contribution is -0.274. The van der Waals surface area contributed by atoms with E-state index < -0.39 is 24.3 Å². The van der Waals surface area contributed by atoms with E-state index in [0.717, 1.165) is 25.0 Å². The average molecular weight is 305 g/mol. The van der Waals surface area contributed by atoms with Gasteiger partial charge in [-0.15, -0.1) is 13.2 Å². The van der Waals surface area contributed by atoms with Crippen molar-refractivity contribution in [3.8, 4) is 5.75 Å². The maximum atomic E-state index is 12.0. The lowest BCUT2D eigenvalue weighted by Crippen LogP contribution is -2.33. The van der Waals surface area contributed by atoms with Crippen molar-refractivity contribution in [2.45, 2.75) is 31.9 Å². The molecule has 1 aliphatic rings. The second-order valence-electron chi connectivity index (χ2n) is 4.42. The van der Waals surface area contributed by atoms with Gasteiger partial charge in [-0.3, -0.25) is 4.79 Å². The molecule has 0 saturated carbocycles. The minimum Gasteiger partial charge on any atom is -0.406 e. The lowest BCUT2D eigenvalue weighted by atomic mass is 10.2. The van der Waals surface area contributed by atoms with Gasteiger partial charge in [0.1, 0.15) is 5.75 Å². The van der Waals surface area contributed by atoms with Crippen molar-refractivity contribution in [3.05, 3.63) is 29.8 Å². The van der Waals surface area contributed by atoms with E-state index in [1.165, 1.54) is 12.1 Å². The predicted octanol–water partition coefficient (Wildman–Crippen LogP) is 2.77. The number of carbonyl (C=O) groups is 1. The molecule has 116 valence electrons. The van der Waals surface area contributed by atoms with Crippen LogP contribution >= 0.6 is 0 Å². The monoisotopic (exact) mass is 305 g/mol. The molecule has 0 radical (unpaired) electrons. The fourth-order valence-electron chi connectivity index (χ4n) is 1.79. The Bertz CT molecular complexity index is 469. The maximum Gasteiger partial charge on any atom is 0.573 e. The summed E-state index contributed by atoms with van der Waals surface area (Å²) in [4.78, 5) is 16.8. The molecule has 1 N–H and O–H groups in total. The van der Waals surface area contributed by atoms with Crippen LogP contribution in [-0.2, 0) is 9.57 Å². The zero-order valence-electron chi connectivity index (χ0n) is 11.0. The quantitative estimate of drug-likeness (QED) is 0.869. The maximum absolute atomic E-state index is 12.0. The third-order valence-electron chi connectivity index (χ3n) is 2.77. The molecule has 1 fully saturated rings. The van der Waals surface area contributed by atoms with E-state index in [-0.39, 0.29) is 5.56 Å². The number of nitrogens with one attached hydrogen (secondary N) is 1. The van der Waals surface area contributed by atoms with E-state index in [2.05, 4.69) is 10.2 Å². The Morgan fingerprint density at radius 3 is 2.52 bits per heavy atom. The molecule has 0 bridgehead atoms. The first-order chi connectivity index (χ1) is 9.94. The zero-order valence-corrected chi connectivity index (χ0v) is 11.0. The summed E-state index contributed by atoms with van der Waals surface area (Å²) in [5.41, 5.74) is 2.36. The van der Waals surface area contributed by atoms with Gasteiger partial charge >= 0.3 is 6.36 Å². The molecular weight excluding hydrogens is 291 g/mol. The molecule has 0 aliphatic carbocycles. The van der Waals surface area contributed by atoms with E-state index in [1.807, 2.05) is 0 Å². The van der Waals surface area contributed by atoms with Gasteiger partial charge in [0.15, 0.2) is 6.29 Å². The molecular formula is C13H14F3NO4. The van der Waals surface area contributed by atoms with Crippen LogP contribution in [0.25, 0.3) is 0 Å². The zero-order chi connectivity index (χ0) is 15.3. The largest absolute Gasteiger partial charge is 0.573 e. The number of ether oxygens (including phenoxy) is 2. The molecule has 1 atom stereocenters. The number of hydroxylamine groups is 1. The van der Waals surface area contributed by atoms with Crippen molar-refractivity contribution in [1.29, 1.82) is 0 Å². The highest BCUT2D eigenvalue weighted by atomic mass is 19.4. The van der Waals surface area contributed by atoms with Crippen molar-refractivity contribution in [3.63, 3.8) is 0 Å². The van der Waals surface area contributed by atoms with Crippen LogP contribution in [0.2, 0.25) is 0 Å². The van der Waals surface area contributed by atoms with Crippen molar-refractivity contribution < 1.29 is 32.3 Å². The Labute approximate surface area is 118 Å². The average Bonchev–Trinajstić information content (AvgIpc) is 2.45. The minimum atomic E-state index is -4.76. The Hall–Kier alpha value is -1.80. The van der Waals surface area contributed by atoms with E-state index in [4.69, 9.17) is 9.57 Å². The molecule has 21 heavy (non-hydrogen) atoms. The van der Waals surface area contributed by atoms with Gasteiger partial charge in [0.25, 0.3) is 5.91 Å². The number of hydrogen-bond donors (Lipinski definition) is 1. The fraction of sp³-hybridized carbons (Fsp3) is 0.462. The van der Waals surface area contributed by atoms with Crippen LogP contribution in [0.1, 0.15) is 29.6 Å². The molecule has 5 nitrogen and oxygen atoms in total. The van der Waals surface area contributed by atoms with Gasteiger partial charge in [0.05, 0.1) is 0 Å². The van der Waals surface area contributed by atoms with Crippen LogP contribution in [0.5, 0.6) is 5.75 Å². The Morgan fingerprint density at radius 1 is 1.24 bits per heavy atom. The number of amides is 1. The number of rotatable bonds is 4. The summed E-state index contributed by atoms with van der Waals surface area (Å²) in [5, 5.41) is 0. The van der Waals surface area contributed by atoms with Crippen LogP contribution in [-0.4, -0.2) is 25.2 Å². The normalized spacial score (nSPS) is 19.1. The van der Waals surface area contributed by atoms with Gasteiger partial charge in [-0.1, -0.05) is 0 Å². The van der Waals surface area contributed by atoms with E-state index in [9.17, 15) is 18.0 Å². The number of hydrogen-bond acceptors (Lipinski definition) is 4. The summed E-state index contributed by atoms with van der Waals surface area (Å²) in [7, 11) is 0. The Kier molecular flexibility index (Phi) is 5.03. The third-order valence-corrected chi connectivity index (χ3v) is 2.77. The summed E-state index contributed by atoms with van der Waals surface area (Å²) in [5.74, 6) is -0.960. The summed E-state index contributed by atoms with van der Waals surface area (Å²) in [6, 6.07) is 4.53. The molecule has 1 aliphatic heterocycles. The van der Waals surface area contributed by atoms with Crippen LogP contribution in [0.4, 0.5) is 13.2 Å². The van der Waals surface area contributed by atoms with Crippen LogP contribution in [0.3, 0.4) is 0 Å². The first-order valence-electron chi connectivity index (χ1n) is 6.37. The highest BCUT2D eigenvalue weighted by molar-refractivity contribution is 5.93. The Balaban J connectivity index is 1.84. The molecule has 1 amide bonds. The minimum absolute atomic E-state index is 0.153. The van der Waals surface area contributed by atoms with Gasteiger partial charge < -0.3 is 9.47 Å². The molecule has 0 aromatic heterocycles. The fourth-order valence-corrected chi connectivity index (χ4v) is 1.79. The highest BCUT2D eigenvalue weighted by Crippen LogP contribution is 2.22. The molecule has 8 heteroatoms. The number of alkyl halides is 3. The van der Waals surface area contributed by atoms with Gasteiger partial charge in [-0.2, -0.15) is 0 Å². The third kappa shape index (κ3) is 5.24. The Morgan fingerprint density at radius 2 is 1.95 bits per heavy atom. The van der Waals surface area contributed by atoms with Crippen molar-refractivity contribution in [1.82, 2.24) is 5.48 Å². The molecule has 1 saturated heterocycles. The summed E-state index contributed by atoms with van der Waals surface area (Å²) < 4.78 is 44.9. The van der Waals surface area contributed by atoms with Crippen LogP contribution in [0.15, 0.2) is 24.3 Å². The molecule has 0 unspecified atom stereocenters. The molecule has 2 rings (SSSR count). The molecule has 1 heterocycles. The summed E-state index contributed by atoms with van der Waals surface area (Å²) >= 11 is 0. The first-order valence-corrected chi connectivity index (χ1v) is 6.37. The van der Waals surface area contributed by atoms with Crippen molar-refractivity contribution >= 4 is 5.91 Å². The molecule has 1 aromatic rings. The van der Waals surface area contributed by atoms with Gasteiger partial charge in [-0.25, -0.2) is 10.3 Å². The SMILES string of the molecule is O=C(NO[C@@H]1CCCCO1)c1ccc(OC(F)(F)F)cc1. The number of carbonyl (C=O) groups excluding carboxylic acids is 1. The second-order valence-corrected chi connectivity index (χ2v) is 4.42.